The molecule has 1 N–H and O–H groups in total. The minimum atomic E-state index is 0.502. The van der Waals surface area contributed by atoms with E-state index in [2.05, 4.69) is 35.6 Å². The number of rotatable bonds is 4. The molecule has 2 aliphatic rings. The van der Waals surface area contributed by atoms with Crippen molar-refractivity contribution in [2.75, 3.05) is 26.2 Å². The van der Waals surface area contributed by atoms with Crippen molar-refractivity contribution in [2.45, 2.75) is 58.5 Å². The van der Waals surface area contributed by atoms with E-state index in [1.807, 2.05) is 0 Å². The molecule has 0 aliphatic carbocycles. The Bertz CT molecular complexity index is 457. The van der Waals surface area contributed by atoms with Crippen molar-refractivity contribution < 1.29 is 0 Å². The zero-order valence-corrected chi connectivity index (χ0v) is 13.2. The van der Waals surface area contributed by atoms with E-state index < -0.39 is 0 Å². The van der Waals surface area contributed by atoms with Crippen molar-refractivity contribution in [3.8, 4) is 0 Å². The lowest BCUT2D eigenvalue weighted by atomic mass is 10.1. The minimum Gasteiger partial charge on any atom is -0.327 e. The Labute approximate surface area is 122 Å². The van der Waals surface area contributed by atoms with E-state index in [9.17, 15) is 0 Å². The number of likely N-dealkylation sites (tertiary alicyclic amines) is 1. The van der Waals surface area contributed by atoms with Crippen LogP contribution in [0.3, 0.4) is 0 Å². The lowest BCUT2D eigenvalue weighted by molar-refractivity contribution is 0.280. The summed E-state index contributed by atoms with van der Waals surface area (Å²) in [4.78, 5) is 7.54. The SMILES string of the molecule is CC(C)c1nc2c(n1C(C)CN1CCCC1)CCNC2. The molecule has 0 bridgehead atoms. The quantitative estimate of drug-likeness (QED) is 0.916. The zero-order chi connectivity index (χ0) is 14.1. The van der Waals surface area contributed by atoms with E-state index in [1.165, 1.54) is 49.7 Å². The summed E-state index contributed by atoms with van der Waals surface area (Å²) in [6.45, 7) is 12.7. The lowest BCUT2D eigenvalue weighted by Crippen LogP contribution is -2.31. The van der Waals surface area contributed by atoms with Crippen molar-refractivity contribution in [2.24, 2.45) is 0 Å². The van der Waals surface area contributed by atoms with Crippen LogP contribution in [-0.4, -0.2) is 40.6 Å². The molecule has 112 valence electrons. The summed E-state index contributed by atoms with van der Waals surface area (Å²) in [6, 6.07) is 0.542. The van der Waals surface area contributed by atoms with Crippen LogP contribution in [0.4, 0.5) is 0 Å². The maximum atomic E-state index is 4.93. The van der Waals surface area contributed by atoms with E-state index in [0.29, 0.717) is 12.0 Å². The smallest absolute Gasteiger partial charge is 0.112 e. The van der Waals surface area contributed by atoms with Crippen LogP contribution in [0.5, 0.6) is 0 Å². The van der Waals surface area contributed by atoms with Gasteiger partial charge in [-0.3, -0.25) is 0 Å². The van der Waals surface area contributed by atoms with Gasteiger partial charge in [-0.25, -0.2) is 4.98 Å². The molecular weight excluding hydrogens is 248 g/mol. The number of nitrogens with zero attached hydrogens (tertiary/aromatic N) is 3. The first-order valence-electron chi connectivity index (χ1n) is 8.19. The largest absolute Gasteiger partial charge is 0.327 e. The summed E-state index contributed by atoms with van der Waals surface area (Å²) in [5.41, 5.74) is 2.77. The van der Waals surface area contributed by atoms with Crippen molar-refractivity contribution in [1.82, 2.24) is 19.8 Å². The molecule has 20 heavy (non-hydrogen) atoms. The predicted octanol–water partition coefficient (Wildman–Crippen LogP) is 2.31. The molecule has 1 saturated heterocycles. The number of hydrogen-bond donors (Lipinski definition) is 1. The molecule has 1 aromatic heterocycles. The summed E-state index contributed by atoms with van der Waals surface area (Å²) < 4.78 is 2.55. The van der Waals surface area contributed by atoms with Gasteiger partial charge in [0.25, 0.3) is 0 Å². The molecule has 0 radical (unpaired) electrons. The lowest BCUT2D eigenvalue weighted by Gasteiger charge is -2.26. The maximum absolute atomic E-state index is 4.93. The van der Waals surface area contributed by atoms with Gasteiger partial charge in [-0.2, -0.15) is 0 Å². The van der Waals surface area contributed by atoms with Gasteiger partial charge in [-0.1, -0.05) is 13.8 Å². The number of fused-ring (bicyclic) bond motifs is 1. The second-order valence-electron chi connectivity index (χ2n) is 6.67. The van der Waals surface area contributed by atoms with E-state index in [4.69, 9.17) is 4.98 Å². The average molecular weight is 276 g/mol. The van der Waals surface area contributed by atoms with Crippen molar-refractivity contribution in [3.05, 3.63) is 17.2 Å². The van der Waals surface area contributed by atoms with Crippen LogP contribution in [0.2, 0.25) is 0 Å². The van der Waals surface area contributed by atoms with Gasteiger partial charge in [-0.05, 0) is 32.9 Å². The van der Waals surface area contributed by atoms with Gasteiger partial charge in [0, 0.05) is 43.7 Å². The van der Waals surface area contributed by atoms with Crippen LogP contribution in [-0.2, 0) is 13.0 Å². The monoisotopic (exact) mass is 276 g/mol. The molecule has 3 heterocycles. The molecule has 0 aromatic carbocycles. The molecule has 2 aliphatic heterocycles. The first kappa shape index (κ1) is 14.1. The standard InChI is InChI=1S/C16H28N4/c1-12(2)16-18-14-10-17-7-6-15(14)20(16)13(3)11-19-8-4-5-9-19/h12-13,17H,4-11H2,1-3H3. The molecule has 1 fully saturated rings. The van der Waals surface area contributed by atoms with Crippen molar-refractivity contribution in [1.29, 1.82) is 0 Å². The summed E-state index contributed by atoms with van der Waals surface area (Å²) >= 11 is 0. The third-order valence-corrected chi connectivity index (χ3v) is 4.63. The number of hydrogen-bond acceptors (Lipinski definition) is 3. The van der Waals surface area contributed by atoms with E-state index >= 15 is 0 Å². The van der Waals surface area contributed by atoms with Gasteiger partial charge < -0.3 is 14.8 Å². The van der Waals surface area contributed by atoms with Gasteiger partial charge in [0.05, 0.1) is 5.69 Å². The van der Waals surface area contributed by atoms with Crippen LogP contribution in [0.25, 0.3) is 0 Å². The van der Waals surface area contributed by atoms with Gasteiger partial charge in [-0.15, -0.1) is 0 Å². The van der Waals surface area contributed by atoms with Crippen LogP contribution in [0.15, 0.2) is 0 Å². The summed E-state index contributed by atoms with van der Waals surface area (Å²) in [6.07, 6.45) is 3.87. The summed E-state index contributed by atoms with van der Waals surface area (Å²) in [5.74, 6) is 1.78. The molecule has 1 aromatic rings. The van der Waals surface area contributed by atoms with E-state index in [0.717, 1.165) is 19.5 Å². The van der Waals surface area contributed by atoms with Crippen molar-refractivity contribution >= 4 is 0 Å². The molecule has 4 nitrogen and oxygen atoms in total. The molecule has 3 rings (SSSR count). The van der Waals surface area contributed by atoms with Crippen LogP contribution >= 0.6 is 0 Å². The van der Waals surface area contributed by atoms with Gasteiger partial charge >= 0.3 is 0 Å². The molecule has 0 saturated carbocycles. The summed E-state index contributed by atoms with van der Waals surface area (Å²) in [7, 11) is 0. The topological polar surface area (TPSA) is 33.1 Å². The second-order valence-corrected chi connectivity index (χ2v) is 6.67. The number of aromatic nitrogens is 2. The normalized spacial score (nSPS) is 21.4. The van der Waals surface area contributed by atoms with Crippen LogP contribution < -0.4 is 5.32 Å². The Morgan fingerprint density at radius 1 is 1.20 bits per heavy atom. The molecular formula is C16H28N4. The first-order chi connectivity index (χ1) is 9.66. The van der Waals surface area contributed by atoms with Crippen molar-refractivity contribution in [3.63, 3.8) is 0 Å². The highest BCUT2D eigenvalue weighted by Crippen LogP contribution is 2.26. The van der Waals surface area contributed by atoms with Gasteiger partial charge in [0.1, 0.15) is 5.82 Å². The predicted molar refractivity (Wildman–Crippen MR) is 82.1 cm³/mol. The minimum absolute atomic E-state index is 0.502. The van der Waals surface area contributed by atoms with Gasteiger partial charge in [0.2, 0.25) is 0 Å². The molecule has 4 heteroatoms. The second kappa shape index (κ2) is 5.86. The van der Waals surface area contributed by atoms with Gasteiger partial charge in [0.15, 0.2) is 0 Å². The fourth-order valence-corrected chi connectivity index (χ4v) is 3.67. The van der Waals surface area contributed by atoms with E-state index in [-0.39, 0.29) is 0 Å². The zero-order valence-electron chi connectivity index (χ0n) is 13.2. The third kappa shape index (κ3) is 2.63. The number of nitrogens with one attached hydrogen (secondary N) is 1. The molecule has 0 amide bonds. The highest BCUT2D eigenvalue weighted by atomic mass is 15.2. The van der Waals surface area contributed by atoms with E-state index in [1.54, 1.807) is 0 Å². The fourth-order valence-electron chi connectivity index (χ4n) is 3.67. The number of imidazole rings is 1. The summed E-state index contributed by atoms with van der Waals surface area (Å²) in [5, 5.41) is 3.45. The Hall–Kier alpha value is -0.870. The Balaban J connectivity index is 1.87. The first-order valence-corrected chi connectivity index (χ1v) is 8.19. The highest BCUT2D eigenvalue weighted by Gasteiger charge is 2.25. The molecule has 1 atom stereocenters. The fraction of sp³-hybridized carbons (Fsp3) is 0.812. The Morgan fingerprint density at radius 3 is 2.65 bits per heavy atom. The molecule has 0 spiro atoms. The van der Waals surface area contributed by atoms with Crippen LogP contribution in [0.1, 0.15) is 62.8 Å². The van der Waals surface area contributed by atoms with Crippen LogP contribution in [0, 0.1) is 0 Å². The Morgan fingerprint density at radius 2 is 1.95 bits per heavy atom. The highest BCUT2D eigenvalue weighted by molar-refractivity contribution is 5.22. The third-order valence-electron chi connectivity index (χ3n) is 4.63. The maximum Gasteiger partial charge on any atom is 0.112 e. The molecule has 1 unspecified atom stereocenters. The Kier molecular flexibility index (Phi) is 4.13. The average Bonchev–Trinajstić information content (AvgIpc) is 3.04.